The molecule has 4 heteroatoms. The number of hydrogen-bond donors (Lipinski definition) is 1. The summed E-state index contributed by atoms with van der Waals surface area (Å²) in [5.74, 6) is 0.781. The average molecular weight is 181 g/mol. The molecule has 0 radical (unpaired) electrons. The monoisotopic (exact) mass is 181 g/mol. The molecule has 2 aromatic heterocycles. The lowest BCUT2D eigenvalue weighted by Crippen LogP contribution is -1.96. The maximum Gasteiger partial charge on any atom is 0.195 e. The molecule has 0 saturated heterocycles. The SMILES string of the molecule is CCc1csc2nc(C)c(N)n12. The van der Waals surface area contributed by atoms with Gasteiger partial charge in [-0.05, 0) is 13.3 Å². The molecule has 12 heavy (non-hydrogen) atoms. The molecule has 3 nitrogen and oxygen atoms in total. The van der Waals surface area contributed by atoms with Crippen LogP contribution in [0.2, 0.25) is 0 Å². The summed E-state index contributed by atoms with van der Waals surface area (Å²) in [6.45, 7) is 4.06. The molecule has 0 fully saturated rings. The number of aryl methyl sites for hydroxylation is 2. The zero-order chi connectivity index (χ0) is 8.72. The number of nitrogen functional groups attached to an aromatic ring is 1. The zero-order valence-electron chi connectivity index (χ0n) is 7.16. The van der Waals surface area contributed by atoms with E-state index in [9.17, 15) is 0 Å². The van der Waals surface area contributed by atoms with Crippen LogP contribution in [0.4, 0.5) is 5.82 Å². The lowest BCUT2D eigenvalue weighted by atomic mass is 10.4. The van der Waals surface area contributed by atoms with Gasteiger partial charge < -0.3 is 5.73 Å². The van der Waals surface area contributed by atoms with Crippen molar-refractivity contribution in [3.8, 4) is 0 Å². The van der Waals surface area contributed by atoms with Gasteiger partial charge in [-0.1, -0.05) is 6.92 Å². The third-order valence-corrected chi connectivity index (χ3v) is 2.89. The molecule has 0 bridgehead atoms. The van der Waals surface area contributed by atoms with Crippen LogP contribution in [0.15, 0.2) is 5.38 Å². The first-order valence-corrected chi connectivity index (χ1v) is 4.83. The lowest BCUT2D eigenvalue weighted by molar-refractivity contribution is 1.01. The van der Waals surface area contributed by atoms with Gasteiger partial charge in [-0.15, -0.1) is 11.3 Å². The summed E-state index contributed by atoms with van der Waals surface area (Å²) < 4.78 is 2.03. The van der Waals surface area contributed by atoms with Gasteiger partial charge in [-0.25, -0.2) is 4.98 Å². The first-order chi connectivity index (χ1) is 5.74. The summed E-state index contributed by atoms with van der Waals surface area (Å²) in [7, 11) is 0. The third kappa shape index (κ3) is 0.845. The standard InChI is InChI=1S/C8H11N3S/c1-3-6-4-12-8-10-5(2)7(9)11(6)8/h4H,3,9H2,1-2H3. The van der Waals surface area contributed by atoms with Gasteiger partial charge in [0.15, 0.2) is 4.96 Å². The second kappa shape index (κ2) is 2.48. The molecule has 0 spiro atoms. The van der Waals surface area contributed by atoms with E-state index in [4.69, 9.17) is 5.73 Å². The minimum absolute atomic E-state index is 0.781. The summed E-state index contributed by atoms with van der Waals surface area (Å²) in [5, 5.41) is 2.11. The van der Waals surface area contributed by atoms with E-state index in [2.05, 4.69) is 17.3 Å². The van der Waals surface area contributed by atoms with Gasteiger partial charge in [0.05, 0.1) is 5.69 Å². The smallest absolute Gasteiger partial charge is 0.195 e. The van der Waals surface area contributed by atoms with Crippen LogP contribution in [0.3, 0.4) is 0 Å². The number of nitrogens with two attached hydrogens (primary N) is 1. The van der Waals surface area contributed by atoms with Crippen LogP contribution in [0.25, 0.3) is 4.96 Å². The van der Waals surface area contributed by atoms with Crippen molar-refractivity contribution in [3.63, 3.8) is 0 Å². The minimum atomic E-state index is 0.781. The Morgan fingerprint density at radius 3 is 3.08 bits per heavy atom. The molecule has 0 unspecified atom stereocenters. The maximum absolute atomic E-state index is 5.87. The number of thiazole rings is 1. The Kier molecular flexibility index (Phi) is 1.58. The van der Waals surface area contributed by atoms with E-state index in [1.54, 1.807) is 11.3 Å². The number of imidazole rings is 1. The Morgan fingerprint density at radius 1 is 1.67 bits per heavy atom. The fraction of sp³-hybridized carbons (Fsp3) is 0.375. The predicted octanol–water partition coefficient (Wildman–Crippen LogP) is 1.85. The highest BCUT2D eigenvalue weighted by Crippen LogP contribution is 2.22. The van der Waals surface area contributed by atoms with Crippen molar-refractivity contribution >= 4 is 22.1 Å². The number of aromatic nitrogens is 2. The largest absolute Gasteiger partial charge is 0.383 e. The van der Waals surface area contributed by atoms with Crippen molar-refractivity contribution in [2.75, 3.05) is 5.73 Å². The molecule has 2 heterocycles. The second-order valence-corrected chi connectivity index (χ2v) is 3.62. The topological polar surface area (TPSA) is 43.3 Å². The zero-order valence-corrected chi connectivity index (χ0v) is 7.98. The fourth-order valence-corrected chi connectivity index (χ4v) is 2.31. The quantitative estimate of drug-likeness (QED) is 0.729. The molecule has 0 amide bonds. The first kappa shape index (κ1) is 7.61. The molecule has 2 aromatic rings. The number of fused-ring (bicyclic) bond motifs is 1. The van der Waals surface area contributed by atoms with Crippen molar-refractivity contribution < 1.29 is 0 Å². The van der Waals surface area contributed by atoms with Gasteiger partial charge in [-0.2, -0.15) is 0 Å². The van der Waals surface area contributed by atoms with E-state index in [1.807, 2.05) is 11.3 Å². The lowest BCUT2D eigenvalue weighted by Gasteiger charge is -1.95. The maximum atomic E-state index is 5.87. The summed E-state index contributed by atoms with van der Waals surface area (Å²) in [6.07, 6.45) is 1.000. The van der Waals surface area contributed by atoms with Crippen molar-refractivity contribution in [3.05, 3.63) is 16.8 Å². The number of hydrogen-bond acceptors (Lipinski definition) is 3. The second-order valence-electron chi connectivity index (χ2n) is 2.78. The van der Waals surface area contributed by atoms with Crippen molar-refractivity contribution in [1.82, 2.24) is 9.38 Å². The molecule has 0 atom stereocenters. The summed E-state index contributed by atoms with van der Waals surface area (Å²) in [6, 6.07) is 0. The molecule has 2 rings (SSSR count). The fourth-order valence-electron chi connectivity index (χ4n) is 1.29. The van der Waals surface area contributed by atoms with Gasteiger partial charge in [0, 0.05) is 11.1 Å². The minimum Gasteiger partial charge on any atom is -0.383 e. The Hall–Kier alpha value is -1.03. The van der Waals surface area contributed by atoms with Gasteiger partial charge in [0.2, 0.25) is 0 Å². The predicted molar refractivity (Wildman–Crippen MR) is 51.6 cm³/mol. The number of anilines is 1. The molecular formula is C8H11N3S. The van der Waals surface area contributed by atoms with Crippen LogP contribution in [-0.4, -0.2) is 9.38 Å². The Morgan fingerprint density at radius 2 is 2.42 bits per heavy atom. The highest BCUT2D eigenvalue weighted by Gasteiger charge is 2.09. The van der Waals surface area contributed by atoms with E-state index in [1.165, 1.54) is 5.69 Å². The molecule has 2 N–H and O–H groups in total. The number of rotatable bonds is 1. The van der Waals surface area contributed by atoms with E-state index in [0.717, 1.165) is 22.9 Å². The molecular weight excluding hydrogens is 170 g/mol. The first-order valence-electron chi connectivity index (χ1n) is 3.95. The van der Waals surface area contributed by atoms with Crippen LogP contribution < -0.4 is 5.73 Å². The van der Waals surface area contributed by atoms with E-state index in [0.29, 0.717) is 0 Å². The molecule has 64 valence electrons. The van der Waals surface area contributed by atoms with E-state index < -0.39 is 0 Å². The highest BCUT2D eigenvalue weighted by molar-refractivity contribution is 7.15. The average Bonchev–Trinajstić information content (AvgIpc) is 2.55. The van der Waals surface area contributed by atoms with Crippen LogP contribution in [0.5, 0.6) is 0 Å². The van der Waals surface area contributed by atoms with Gasteiger partial charge in [0.25, 0.3) is 0 Å². The van der Waals surface area contributed by atoms with Crippen LogP contribution >= 0.6 is 11.3 Å². The van der Waals surface area contributed by atoms with E-state index >= 15 is 0 Å². The van der Waals surface area contributed by atoms with Crippen LogP contribution in [0, 0.1) is 6.92 Å². The normalized spacial score (nSPS) is 11.2. The molecule has 0 aliphatic heterocycles. The van der Waals surface area contributed by atoms with Gasteiger partial charge in [-0.3, -0.25) is 4.40 Å². The Bertz CT molecular complexity index is 413. The van der Waals surface area contributed by atoms with Gasteiger partial charge >= 0.3 is 0 Å². The third-order valence-electron chi connectivity index (χ3n) is 2.02. The van der Waals surface area contributed by atoms with E-state index in [-0.39, 0.29) is 0 Å². The van der Waals surface area contributed by atoms with Crippen LogP contribution in [0.1, 0.15) is 18.3 Å². The number of nitrogens with zero attached hydrogens (tertiary/aromatic N) is 2. The Labute approximate surface area is 74.8 Å². The molecule has 0 saturated carbocycles. The highest BCUT2D eigenvalue weighted by atomic mass is 32.1. The van der Waals surface area contributed by atoms with Crippen molar-refractivity contribution in [2.45, 2.75) is 20.3 Å². The Balaban J connectivity index is 2.82. The molecule has 0 aromatic carbocycles. The van der Waals surface area contributed by atoms with Gasteiger partial charge in [0.1, 0.15) is 5.82 Å². The summed E-state index contributed by atoms with van der Waals surface area (Å²) in [4.78, 5) is 5.34. The molecule has 0 aliphatic rings. The van der Waals surface area contributed by atoms with Crippen molar-refractivity contribution in [2.24, 2.45) is 0 Å². The van der Waals surface area contributed by atoms with Crippen LogP contribution in [-0.2, 0) is 6.42 Å². The summed E-state index contributed by atoms with van der Waals surface area (Å²) in [5.41, 5.74) is 8.04. The molecule has 0 aliphatic carbocycles. The van der Waals surface area contributed by atoms with Crippen molar-refractivity contribution in [1.29, 1.82) is 0 Å². The summed E-state index contributed by atoms with van der Waals surface area (Å²) >= 11 is 1.65.